The summed E-state index contributed by atoms with van der Waals surface area (Å²) in [5.41, 5.74) is 6.60. The van der Waals surface area contributed by atoms with Crippen molar-refractivity contribution in [3.63, 3.8) is 0 Å². The first-order valence-electron chi connectivity index (χ1n) is 11.8. The van der Waals surface area contributed by atoms with Crippen molar-refractivity contribution in [2.24, 2.45) is 0 Å². The first-order valence-corrected chi connectivity index (χ1v) is 12.2. The molecule has 1 unspecified atom stereocenters. The van der Waals surface area contributed by atoms with Crippen LogP contribution >= 0.6 is 12.2 Å². The van der Waals surface area contributed by atoms with Gasteiger partial charge in [-0.25, -0.2) is 0 Å². The third kappa shape index (κ3) is 5.01. The molecule has 172 valence electrons. The molecule has 1 aliphatic heterocycles. The molecule has 1 aromatic heterocycles. The fraction of sp³-hybridized carbons (Fsp3) is 0.370. The van der Waals surface area contributed by atoms with Crippen molar-refractivity contribution in [3.8, 4) is 11.4 Å². The largest absolute Gasteiger partial charge is 0.351 e. The summed E-state index contributed by atoms with van der Waals surface area (Å²) >= 11 is 5.79. The summed E-state index contributed by atoms with van der Waals surface area (Å²) in [6.07, 6.45) is 4.42. The average Bonchev–Trinajstić information content (AvgIpc) is 3.31. The van der Waals surface area contributed by atoms with Crippen LogP contribution < -0.4 is 5.32 Å². The molecule has 3 aromatic rings. The first-order chi connectivity index (χ1) is 16.0. The van der Waals surface area contributed by atoms with Gasteiger partial charge in [-0.3, -0.25) is 0 Å². The van der Waals surface area contributed by atoms with Gasteiger partial charge in [-0.1, -0.05) is 79.9 Å². The number of unbranched alkanes of at least 4 members (excludes halogenated alkanes) is 2. The third-order valence-electron chi connectivity index (χ3n) is 6.24. The lowest BCUT2D eigenvalue weighted by atomic mass is 9.93. The molecule has 2 aromatic carbocycles. The molecule has 0 bridgehead atoms. The number of thiocarbonyl (C=S) groups is 1. The van der Waals surface area contributed by atoms with Crippen LogP contribution in [0.2, 0.25) is 0 Å². The Morgan fingerprint density at radius 2 is 1.85 bits per heavy atom. The zero-order chi connectivity index (χ0) is 23.4. The molecule has 1 aliphatic rings. The highest BCUT2D eigenvalue weighted by molar-refractivity contribution is 7.80. The van der Waals surface area contributed by atoms with E-state index in [2.05, 4.69) is 79.5 Å². The van der Waals surface area contributed by atoms with Crippen molar-refractivity contribution >= 4 is 22.9 Å². The fourth-order valence-corrected chi connectivity index (χ4v) is 4.62. The molecule has 0 saturated carbocycles. The van der Waals surface area contributed by atoms with E-state index in [9.17, 15) is 0 Å². The topological polar surface area (TPSA) is 54.2 Å². The molecule has 2 heterocycles. The van der Waals surface area contributed by atoms with Gasteiger partial charge < -0.3 is 14.7 Å². The molecular formula is C27H32N4OS. The zero-order valence-electron chi connectivity index (χ0n) is 19.9. The summed E-state index contributed by atoms with van der Waals surface area (Å²) in [6, 6.07) is 16.7. The Hall–Kier alpha value is -2.99. The molecule has 0 spiro atoms. The van der Waals surface area contributed by atoms with E-state index in [-0.39, 0.29) is 6.04 Å². The van der Waals surface area contributed by atoms with Crippen molar-refractivity contribution < 1.29 is 4.52 Å². The Bertz CT molecular complexity index is 1150. The number of benzene rings is 2. The van der Waals surface area contributed by atoms with Gasteiger partial charge in [0.2, 0.25) is 5.82 Å². The minimum absolute atomic E-state index is 0.142. The molecular weight excluding hydrogens is 428 g/mol. The van der Waals surface area contributed by atoms with Crippen LogP contribution in [0.1, 0.15) is 68.7 Å². The van der Waals surface area contributed by atoms with Gasteiger partial charge in [0.05, 0.1) is 11.6 Å². The molecule has 0 amide bonds. The zero-order valence-corrected chi connectivity index (χ0v) is 20.7. The van der Waals surface area contributed by atoms with E-state index in [4.69, 9.17) is 21.7 Å². The second-order valence-electron chi connectivity index (χ2n) is 8.63. The van der Waals surface area contributed by atoms with E-state index in [1.165, 1.54) is 18.4 Å². The maximum Gasteiger partial charge on any atom is 0.258 e. The molecule has 6 heteroatoms. The number of rotatable bonds is 8. The maximum absolute atomic E-state index is 5.85. The van der Waals surface area contributed by atoms with Crippen molar-refractivity contribution in [1.29, 1.82) is 0 Å². The highest BCUT2D eigenvalue weighted by Gasteiger charge is 2.33. The summed E-state index contributed by atoms with van der Waals surface area (Å²) in [5, 5.41) is 8.61. The summed E-state index contributed by atoms with van der Waals surface area (Å²) < 4.78 is 5.85. The van der Waals surface area contributed by atoms with Crippen LogP contribution in [0, 0.1) is 6.92 Å². The minimum atomic E-state index is -0.142. The first kappa shape index (κ1) is 23.2. The van der Waals surface area contributed by atoms with Crippen molar-refractivity contribution in [2.75, 3.05) is 6.54 Å². The fourth-order valence-electron chi connectivity index (χ4n) is 4.28. The van der Waals surface area contributed by atoms with E-state index in [0.717, 1.165) is 52.5 Å². The molecule has 33 heavy (non-hydrogen) atoms. The van der Waals surface area contributed by atoms with Gasteiger partial charge in [0.25, 0.3) is 5.89 Å². The summed E-state index contributed by atoms with van der Waals surface area (Å²) in [6.45, 7) is 9.42. The van der Waals surface area contributed by atoms with Gasteiger partial charge in [-0.05, 0) is 56.1 Å². The Morgan fingerprint density at radius 1 is 1.06 bits per heavy atom. The van der Waals surface area contributed by atoms with Crippen LogP contribution in [-0.2, 0) is 6.42 Å². The molecule has 0 fully saturated rings. The molecule has 0 radical (unpaired) electrons. The number of aryl methyl sites for hydroxylation is 2. The van der Waals surface area contributed by atoms with E-state index in [0.29, 0.717) is 11.7 Å². The predicted octanol–water partition coefficient (Wildman–Crippen LogP) is 6.46. The van der Waals surface area contributed by atoms with Gasteiger partial charge in [-0.2, -0.15) is 4.98 Å². The van der Waals surface area contributed by atoms with E-state index < -0.39 is 0 Å². The SMILES string of the molecule is CCCCCN1C(=S)NC(c2ccc(CC)cc2)C(c2nc(-c3cccc(C)c3)no2)=C1C. The van der Waals surface area contributed by atoms with E-state index in [1.54, 1.807) is 0 Å². The van der Waals surface area contributed by atoms with Crippen molar-refractivity contribution in [2.45, 2.75) is 59.4 Å². The standard InChI is InChI=1S/C27H32N4OS/c1-5-7-8-16-31-19(4)23(24(28-27(31)33)21-14-12-20(6-2)13-15-21)26-29-25(30-32-26)22-11-9-10-18(3)17-22/h9-15,17,24H,5-8,16H2,1-4H3,(H,28,33). The molecule has 1 atom stereocenters. The van der Waals surface area contributed by atoms with E-state index in [1.807, 2.05) is 12.1 Å². The Kier molecular flexibility index (Phi) is 7.23. The van der Waals surface area contributed by atoms with Crippen LogP contribution in [0.4, 0.5) is 0 Å². The Labute approximate surface area is 201 Å². The molecule has 4 rings (SSSR count). The molecule has 5 nitrogen and oxygen atoms in total. The number of hydrogen-bond donors (Lipinski definition) is 1. The van der Waals surface area contributed by atoms with Crippen LogP contribution in [0.15, 0.2) is 58.8 Å². The second kappa shape index (κ2) is 10.3. The lowest BCUT2D eigenvalue weighted by Gasteiger charge is -2.37. The highest BCUT2D eigenvalue weighted by Crippen LogP contribution is 2.37. The number of nitrogens with zero attached hydrogens (tertiary/aromatic N) is 3. The number of nitrogens with one attached hydrogen (secondary N) is 1. The smallest absolute Gasteiger partial charge is 0.258 e. The van der Waals surface area contributed by atoms with Crippen LogP contribution in [0.5, 0.6) is 0 Å². The van der Waals surface area contributed by atoms with Gasteiger partial charge in [0.1, 0.15) is 0 Å². The number of allylic oxidation sites excluding steroid dienone is 1. The lowest BCUT2D eigenvalue weighted by Crippen LogP contribution is -2.46. The van der Waals surface area contributed by atoms with Gasteiger partial charge in [0.15, 0.2) is 5.11 Å². The molecule has 1 N–H and O–H groups in total. The Morgan fingerprint density at radius 3 is 2.55 bits per heavy atom. The molecule has 0 aliphatic carbocycles. The van der Waals surface area contributed by atoms with Gasteiger partial charge in [-0.15, -0.1) is 0 Å². The third-order valence-corrected chi connectivity index (χ3v) is 6.57. The van der Waals surface area contributed by atoms with Crippen LogP contribution in [0.3, 0.4) is 0 Å². The molecule has 0 saturated heterocycles. The lowest BCUT2D eigenvalue weighted by molar-refractivity contribution is 0.395. The number of hydrogen-bond acceptors (Lipinski definition) is 4. The Balaban J connectivity index is 1.76. The van der Waals surface area contributed by atoms with Crippen molar-refractivity contribution in [1.82, 2.24) is 20.4 Å². The summed E-state index contributed by atoms with van der Waals surface area (Å²) in [7, 11) is 0. The summed E-state index contributed by atoms with van der Waals surface area (Å²) in [4.78, 5) is 6.99. The van der Waals surface area contributed by atoms with E-state index >= 15 is 0 Å². The second-order valence-corrected chi connectivity index (χ2v) is 9.01. The normalized spacial score (nSPS) is 16.3. The predicted molar refractivity (Wildman–Crippen MR) is 138 cm³/mol. The average molecular weight is 461 g/mol. The van der Waals surface area contributed by atoms with Crippen LogP contribution in [0.25, 0.3) is 17.0 Å². The number of aromatic nitrogens is 2. The minimum Gasteiger partial charge on any atom is -0.351 e. The quantitative estimate of drug-likeness (QED) is 0.307. The highest BCUT2D eigenvalue weighted by atomic mass is 32.1. The van der Waals surface area contributed by atoms with Gasteiger partial charge >= 0.3 is 0 Å². The maximum atomic E-state index is 5.85. The van der Waals surface area contributed by atoms with Gasteiger partial charge in [0, 0.05) is 17.8 Å². The summed E-state index contributed by atoms with van der Waals surface area (Å²) in [5.74, 6) is 1.13. The monoisotopic (exact) mass is 460 g/mol. The van der Waals surface area contributed by atoms with Crippen molar-refractivity contribution in [3.05, 3.63) is 76.8 Å². The van der Waals surface area contributed by atoms with Crippen LogP contribution in [-0.4, -0.2) is 26.7 Å².